The number of ether oxygens (including phenoxy) is 1. The first-order valence-electron chi connectivity index (χ1n) is 6.89. The molecule has 0 unspecified atom stereocenters. The minimum absolute atomic E-state index is 0.423. The van der Waals surface area contributed by atoms with Crippen LogP contribution in [0.4, 0.5) is 0 Å². The molecule has 0 aromatic rings. The summed E-state index contributed by atoms with van der Waals surface area (Å²) in [5, 5.41) is 0. The Morgan fingerprint density at radius 3 is 2.38 bits per heavy atom. The molecule has 1 heterocycles. The van der Waals surface area contributed by atoms with Gasteiger partial charge in [-0.1, -0.05) is 45.3 Å². The highest BCUT2D eigenvalue weighted by molar-refractivity contribution is 5.33. The summed E-state index contributed by atoms with van der Waals surface area (Å²) in [6.07, 6.45) is 14.1. The van der Waals surface area contributed by atoms with Gasteiger partial charge in [0, 0.05) is 0 Å². The summed E-state index contributed by atoms with van der Waals surface area (Å²) < 4.78 is 6.19. The number of unbranched alkanes of at least 4 members (excludes halogenated alkanes) is 2. The maximum absolute atomic E-state index is 6.19. The fourth-order valence-electron chi connectivity index (χ4n) is 2.89. The summed E-state index contributed by atoms with van der Waals surface area (Å²) in [5.74, 6) is 0. The highest BCUT2D eigenvalue weighted by atomic mass is 16.5. The minimum Gasteiger partial charge on any atom is -0.366 e. The third-order valence-electron chi connectivity index (χ3n) is 3.80. The second kappa shape index (κ2) is 5.67. The molecule has 0 saturated heterocycles. The fourth-order valence-corrected chi connectivity index (χ4v) is 2.89. The van der Waals surface area contributed by atoms with Gasteiger partial charge in [-0.05, 0) is 36.8 Å². The Bertz CT molecular complexity index is 288. The van der Waals surface area contributed by atoms with E-state index in [2.05, 4.69) is 26.0 Å². The van der Waals surface area contributed by atoms with Crippen LogP contribution in [0.5, 0.6) is 0 Å². The zero-order valence-corrected chi connectivity index (χ0v) is 10.7. The third kappa shape index (κ3) is 2.40. The van der Waals surface area contributed by atoms with Crippen LogP contribution in [-0.4, -0.2) is 12.2 Å². The molecule has 0 aromatic carbocycles. The van der Waals surface area contributed by atoms with Gasteiger partial charge in [0.1, 0.15) is 0 Å². The van der Waals surface area contributed by atoms with Gasteiger partial charge in [-0.3, -0.25) is 0 Å². The van der Waals surface area contributed by atoms with Crippen molar-refractivity contribution in [3.63, 3.8) is 0 Å². The molecule has 16 heavy (non-hydrogen) atoms. The standard InChI is InChI=1S/C15H24O/c1-3-5-6-11-15-13-10-8-7-9-12(13)14(4-2)16-15/h7-8,14-15H,3-6,9-11H2,1-2H3/t14-,15+/m1/s1. The summed E-state index contributed by atoms with van der Waals surface area (Å²) in [4.78, 5) is 0. The lowest BCUT2D eigenvalue weighted by atomic mass is 9.90. The van der Waals surface area contributed by atoms with Crippen LogP contribution in [0.3, 0.4) is 0 Å². The summed E-state index contributed by atoms with van der Waals surface area (Å²) in [6.45, 7) is 4.50. The van der Waals surface area contributed by atoms with E-state index in [1.807, 2.05) is 0 Å². The smallest absolute Gasteiger partial charge is 0.0799 e. The second-order valence-electron chi connectivity index (χ2n) is 4.95. The molecule has 90 valence electrons. The van der Waals surface area contributed by atoms with Crippen LogP contribution in [-0.2, 0) is 4.74 Å². The quantitative estimate of drug-likeness (QED) is 0.493. The van der Waals surface area contributed by atoms with E-state index < -0.39 is 0 Å². The van der Waals surface area contributed by atoms with Crippen LogP contribution >= 0.6 is 0 Å². The van der Waals surface area contributed by atoms with Crippen molar-refractivity contribution < 1.29 is 4.74 Å². The van der Waals surface area contributed by atoms with E-state index in [-0.39, 0.29) is 0 Å². The molecular weight excluding hydrogens is 196 g/mol. The van der Waals surface area contributed by atoms with Crippen molar-refractivity contribution in [2.75, 3.05) is 0 Å². The molecule has 2 atom stereocenters. The van der Waals surface area contributed by atoms with E-state index in [1.54, 1.807) is 11.1 Å². The van der Waals surface area contributed by atoms with Crippen molar-refractivity contribution in [1.29, 1.82) is 0 Å². The van der Waals surface area contributed by atoms with Gasteiger partial charge in [0.2, 0.25) is 0 Å². The van der Waals surface area contributed by atoms with Gasteiger partial charge in [-0.25, -0.2) is 0 Å². The van der Waals surface area contributed by atoms with E-state index in [0.29, 0.717) is 12.2 Å². The van der Waals surface area contributed by atoms with Crippen molar-refractivity contribution in [2.45, 2.75) is 71.0 Å². The fraction of sp³-hybridized carbons (Fsp3) is 0.733. The van der Waals surface area contributed by atoms with Gasteiger partial charge in [-0.15, -0.1) is 0 Å². The maximum Gasteiger partial charge on any atom is 0.0799 e. The largest absolute Gasteiger partial charge is 0.366 e. The van der Waals surface area contributed by atoms with Crippen LogP contribution < -0.4 is 0 Å². The molecule has 0 radical (unpaired) electrons. The predicted molar refractivity (Wildman–Crippen MR) is 68.5 cm³/mol. The molecule has 0 N–H and O–H groups in total. The first-order valence-corrected chi connectivity index (χ1v) is 6.89. The third-order valence-corrected chi connectivity index (χ3v) is 3.80. The molecule has 2 rings (SSSR count). The zero-order chi connectivity index (χ0) is 11.4. The number of hydrogen-bond acceptors (Lipinski definition) is 1. The van der Waals surface area contributed by atoms with E-state index in [1.165, 1.54) is 25.7 Å². The molecule has 1 aliphatic heterocycles. The Labute approximate surface area is 99.6 Å². The molecule has 0 aromatic heterocycles. The van der Waals surface area contributed by atoms with Gasteiger partial charge < -0.3 is 4.74 Å². The molecule has 2 aliphatic rings. The minimum atomic E-state index is 0.423. The Hall–Kier alpha value is -0.560. The zero-order valence-electron chi connectivity index (χ0n) is 10.7. The average molecular weight is 220 g/mol. The van der Waals surface area contributed by atoms with Crippen molar-refractivity contribution >= 4 is 0 Å². The summed E-state index contributed by atoms with van der Waals surface area (Å²) >= 11 is 0. The highest BCUT2D eigenvalue weighted by Crippen LogP contribution is 2.38. The van der Waals surface area contributed by atoms with Crippen molar-refractivity contribution in [3.8, 4) is 0 Å². The topological polar surface area (TPSA) is 9.23 Å². The molecule has 1 heteroatoms. The molecule has 1 aliphatic carbocycles. The van der Waals surface area contributed by atoms with Crippen molar-refractivity contribution in [2.24, 2.45) is 0 Å². The number of allylic oxidation sites excluding steroid dienone is 2. The molecule has 0 fully saturated rings. The lowest BCUT2D eigenvalue weighted by Crippen LogP contribution is -2.14. The number of hydrogen-bond donors (Lipinski definition) is 0. The molecule has 0 saturated carbocycles. The molecular formula is C15H24O. The summed E-state index contributed by atoms with van der Waals surface area (Å²) in [6, 6.07) is 0. The van der Waals surface area contributed by atoms with Crippen LogP contribution in [0, 0.1) is 0 Å². The predicted octanol–water partition coefficient (Wildman–Crippen LogP) is 4.39. The number of rotatable bonds is 5. The maximum atomic E-state index is 6.19. The van der Waals surface area contributed by atoms with E-state index in [0.717, 1.165) is 19.3 Å². The second-order valence-corrected chi connectivity index (χ2v) is 4.95. The SMILES string of the molecule is CCCCC[C@@H]1O[C@H](CC)C2=C1CC=CC2. The van der Waals surface area contributed by atoms with Gasteiger partial charge in [0.05, 0.1) is 12.2 Å². The van der Waals surface area contributed by atoms with Crippen LogP contribution in [0.25, 0.3) is 0 Å². The van der Waals surface area contributed by atoms with Crippen LogP contribution in [0.15, 0.2) is 23.3 Å². The van der Waals surface area contributed by atoms with Crippen molar-refractivity contribution in [3.05, 3.63) is 23.3 Å². The van der Waals surface area contributed by atoms with Gasteiger partial charge in [0.25, 0.3) is 0 Å². The van der Waals surface area contributed by atoms with Gasteiger partial charge >= 0.3 is 0 Å². The normalized spacial score (nSPS) is 28.6. The average Bonchev–Trinajstić information content (AvgIpc) is 2.68. The van der Waals surface area contributed by atoms with E-state index >= 15 is 0 Å². The summed E-state index contributed by atoms with van der Waals surface area (Å²) in [5.41, 5.74) is 3.22. The Morgan fingerprint density at radius 1 is 1.06 bits per heavy atom. The Balaban J connectivity index is 1.97. The van der Waals surface area contributed by atoms with Gasteiger partial charge in [-0.2, -0.15) is 0 Å². The van der Waals surface area contributed by atoms with Crippen LogP contribution in [0.1, 0.15) is 58.8 Å². The highest BCUT2D eigenvalue weighted by Gasteiger charge is 2.32. The molecule has 0 bridgehead atoms. The molecule has 0 spiro atoms. The van der Waals surface area contributed by atoms with Gasteiger partial charge in [0.15, 0.2) is 0 Å². The Kier molecular flexibility index (Phi) is 4.22. The monoisotopic (exact) mass is 220 g/mol. The lowest BCUT2D eigenvalue weighted by molar-refractivity contribution is 0.0439. The van der Waals surface area contributed by atoms with Crippen LogP contribution in [0.2, 0.25) is 0 Å². The van der Waals surface area contributed by atoms with E-state index in [4.69, 9.17) is 4.74 Å². The Morgan fingerprint density at radius 2 is 1.75 bits per heavy atom. The molecule has 1 nitrogen and oxygen atoms in total. The first-order chi connectivity index (χ1) is 7.86. The summed E-state index contributed by atoms with van der Waals surface area (Å²) in [7, 11) is 0. The van der Waals surface area contributed by atoms with E-state index in [9.17, 15) is 0 Å². The van der Waals surface area contributed by atoms with Crippen molar-refractivity contribution in [1.82, 2.24) is 0 Å². The first kappa shape index (κ1) is 11.9. The molecule has 0 amide bonds. The lowest BCUT2D eigenvalue weighted by Gasteiger charge is -2.15.